The maximum atomic E-state index is 12.2. The molecule has 1 spiro atoms. The molecule has 27 heavy (non-hydrogen) atoms. The lowest BCUT2D eigenvalue weighted by Crippen LogP contribution is -2.72. The van der Waals surface area contributed by atoms with Crippen LogP contribution in [0.3, 0.4) is 0 Å². The standard InChI is InChI=1S/C20H34N4O2.HI/c1-4-21-19(22-14-6-10-24(12-14)18(25)13(2)3)23-16-15-7-11-26-17(15)20(16)8-5-9-20;/h13-17H,4-12H2,1-3H3,(H2,21,22,23);1H. The van der Waals surface area contributed by atoms with Gasteiger partial charge in [0.2, 0.25) is 5.91 Å². The van der Waals surface area contributed by atoms with Gasteiger partial charge in [-0.15, -0.1) is 24.0 Å². The number of nitrogens with zero attached hydrogens (tertiary/aromatic N) is 2. The second kappa shape index (κ2) is 8.43. The molecule has 0 aromatic carbocycles. The van der Waals surface area contributed by atoms with Gasteiger partial charge in [-0.25, -0.2) is 0 Å². The summed E-state index contributed by atoms with van der Waals surface area (Å²) in [4.78, 5) is 18.9. The van der Waals surface area contributed by atoms with Crippen LogP contribution in [0, 0.1) is 17.3 Å². The number of carbonyl (C=O) groups excluding carboxylic acids is 1. The third kappa shape index (κ3) is 3.70. The Morgan fingerprint density at radius 3 is 2.70 bits per heavy atom. The number of carbonyl (C=O) groups is 1. The van der Waals surface area contributed by atoms with Crippen LogP contribution < -0.4 is 10.6 Å². The summed E-state index contributed by atoms with van der Waals surface area (Å²) in [5.74, 6) is 1.90. The average molecular weight is 490 g/mol. The molecule has 0 bridgehead atoms. The molecule has 0 aromatic rings. The molecule has 154 valence electrons. The number of likely N-dealkylation sites (tertiary alicyclic amines) is 1. The largest absolute Gasteiger partial charge is 0.377 e. The minimum absolute atomic E-state index is 0. The van der Waals surface area contributed by atoms with Gasteiger partial charge in [0, 0.05) is 55.6 Å². The number of ether oxygens (including phenoxy) is 1. The lowest BCUT2D eigenvalue weighted by Gasteiger charge is -2.63. The SMILES string of the molecule is CCN=C(NC1CCN(C(=O)C(C)C)C1)NC1C2CCOC2C12CCC2.I. The Hall–Kier alpha value is -0.570. The molecule has 2 aliphatic heterocycles. The summed E-state index contributed by atoms with van der Waals surface area (Å²) in [5.41, 5.74) is 0.354. The van der Waals surface area contributed by atoms with Gasteiger partial charge in [-0.2, -0.15) is 0 Å². The summed E-state index contributed by atoms with van der Waals surface area (Å²) < 4.78 is 6.03. The van der Waals surface area contributed by atoms with E-state index in [1.54, 1.807) is 0 Å². The third-order valence-corrected chi connectivity index (χ3v) is 6.98. The maximum absolute atomic E-state index is 12.2. The molecule has 4 aliphatic rings. The predicted octanol–water partition coefficient (Wildman–Crippen LogP) is 2.37. The summed E-state index contributed by atoms with van der Waals surface area (Å²) in [5, 5.41) is 7.38. The van der Waals surface area contributed by atoms with Crippen molar-refractivity contribution in [2.24, 2.45) is 22.2 Å². The minimum Gasteiger partial charge on any atom is -0.377 e. The molecule has 2 N–H and O–H groups in total. The first-order chi connectivity index (χ1) is 12.5. The number of hydrogen-bond acceptors (Lipinski definition) is 3. The van der Waals surface area contributed by atoms with Gasteiger partial charge in [-0.3, -0.25) is 9.79 Å². The highest BCUT2D eigenvalue weighted by atomic mass is 127. The first kappa shape index (κ1) is 21.1. The van der Waals surface area contributed by atoms with E-state index < -0.39 is 0 Å². The van der Waals surface area contributed by atoms with E-state index in [9.17, 15) is 4.79 Å². The molecule has 2 saturated heterocycles. The van der Waals surface area contributed by atoms with E-state index in [4.69, 9.17) is 9.73 Å². The van der Waals surface area contributed by atoms with Crippen LogP contribution in [0.1, 0.15) is 52.9 Å². The van der Waals surface area contributed by atoms with Crippen LogP contribution in [-0.4, -0.2) is 61.2 Å². The van der Waals surface area contributed by atoms with Gasteiger partial charge in [0.1, 0.15) is 0 Å². The van der Waals surface area contributed by atoms with Crippen molar-refractivity contribution in [3.63, 3.8) is 0 Å². The molecule has 4 fully saturated rings. The van der Waals surface area contributed by atoms with Gasteiger partial charge < -0.3 is 20.3 Å². The van der Waals surface area contributed by atoms with Gasteiger partial charge in [0.25, 0.3) is 0 Å². The van der Waals surface area contributed by atoms with E-state index in [1.807, 2.05) is 18.7 Å². The zero-order valence-corrected chi connectivity index (χ0v) is 19.2. The Labute approximate surface area is 180 Å². The smallest absolute Gasteiger partial charge is 0.225 e. The van der Waals surface area contributed by atoms with Crippen LogP contribution in [0.5, 0.6) is 0 Å². The fourth-order valence-electron chi connectivity index (χ4n) is 5.53. The van der Waals surface area contributed by atoms with E-state index in [2.05, 4.69) is 17.6 Å². The van der Waals surface area contributed by atoms with Crippen molar-refractivity contribution in [3.8, 4) is 0 Å². The highest BCUT2D eigenvalue weighted by molar-refractivity contribution is 14.0. The molecule has 4 atom stereocenters. The molecule has 2 saturated carbocycles. The van der Waals surface area contributed by atoms with Crippen LogP contribution in [-0.2, 0) is 9.53 Å². The highest BCUT2D eigenvalue weighted by Gasteiger charge is 2.66. The first-order valence-electron chi connectivity index (χ1n) is 10.5. The first-order valence-corrected chi connectivity index (χ1v) is 10.5. The lowest BCUT2D eigenvalue weighted by atomic mass is 9.46. The highest BCUT2D eigenvalue weighted by Crippen LogP contribution is 2.62. The van der Waals surface area contributed by atoms with Crippen molar-refractivity contribution in [3.05, 3.63) is 0 Å². The summed E-state index contributed by atoms with van der Waals surface area (Å²) in [6.45, 7) is 9.34. The molecule has 6 nitrogen and oxygen atoms in total. The topological polar surface area (TPSA) is 66.0 Å². The zero-order chi connectivity index (χ0) is 18.3. The summed E-state index contributed by atoms with van der Waals surface area (Å²) in [7, 11) is 0. The predicted molar refractivity (Wildman–Crippen MR) is 117 cm³/mol. The number of fused-ring (bicyclic) bond motifs is 2. The van der Waals surface area contributed by atoms with E-state index in [-0.39, 0.29) is 35.8 Å². The van der Waals surface area contributed by atoms with Gasteiger partial charge in [-0.05, 0) is 32.6 Å². The Morgan fingerprint density at radius 1 is 1.30 bits per heavy atom. The maximum Gasteiger partial charge on any atom is 0.225 e. The van der Waals surface area contributed by atoms with Gasteiger partial charge in [0.05, 0.1) is 6.10 Å². The molecular weight excluding hydrogens is 455 g/mol. The average Bonchev–Trinajstić information content (AvgIpc) is 3.18. The molecule has 2 heterocycles. The third-order valence-electron chi connectivity index (χ3n) is 6.98. The van der Waals surface area contributed by atoms with Gasteiger partial charge in [0.15, 0.2) is 5.96 Å². The number of amides is 1. The monoisotopic (exact) mass is 490 g/mol. The van der Waals surface area contributed by atoms with Crippen LogP contribution in [0.15, 0.2) is 4.99 Å². The minimum atomic E-state index is 0. The normalized spacial score (nSPS) is 33.9. The number of halogens is 1. The van der Waals surface area contributed by atoms with Crippen LogP contribution >= 0.6 is 24.0 Å². The van der Waals surface area contributed by atoms with Crippen LogP contribution in [0.25, 0.3) is 0 Å². The van der Waals surface area contributed by atoms with E-state index in [0.717, 1.165) is 38.6 Å². The molecule has 4 rings (SSSR count). The Kier molecular flexibility index (Phi) is 6.60. The molecule has 7 heteroatoms. The number of aliphatic imine (C=N–C) groups is 1. The van der Waals surface area contributed by atoms with Crippen molar-refractivity contribution in [2.45, 2.75) is 71.1 Å². The van der Waals surface area contributed by atoms with Gasteiger partial charge in [-0.1, -0.05) is 20.3 Å². The summed E-state index contributed by atoms with van der Waals surface area (Å²) >= 11 is 0. The van der Waals surface area contributed by atoms with Crippen LogP contribution in [0.2, 0.25) is 0 Å². The van der Waals surface area contributed by atoms with Crippen molar-refractivity contribution in [1.82, 2.24) is 15.5 Å². The molecule has 2 aliphatic carbocycles. The Morgan fingerprint density at radius 2 is 2.07 bits per heavy atom. The van der Waals surface area contributed by atoms with E-state index in [0.29, 0.717) is 29.5 Å². The van der Waals surface area contributed by atoms with E-state index >= 15 is 0 Å². The molecular formula is C20H35IN4O2. The number of guanidine groups is 1. The second-order valence-corrected chi connectivity index (χ2v) is 8.84. The number of rotatable bonds is 4. The van der Waals surface area contributed by atoms with Gasteiger partial charge >= 0.3 is 0 Å². The Bertz CT molecular complexity index is 578. The molecule has 4 unspecified atom stereocenters. The van der Waals surface area contributed by atoms with Crippen molar-refractivity contribution >= 4 is 35.8 Å². The van der Waals surface area contributed by atoms with Crippen molar-refractivity contribution < 1.29 is 9.53 Å². The number of hydrogen-bond donors (Lipinski definition) is 2. The molecule has 1 amide bonds. The van der Waals surface area contributed by atoms with Crippen LogP contribution in [0.4, 0.5) is 0 Å². The lowest BCUT2D eigenvalue weighted by molar-refractivity contribution is -0.171. The Balaban J connectivity index is 0.00000210. The number of nitrogens with one attached hydrogen (secondary N) is 2. The quantitative estimate of drug-likeness (QED) is 0.361. The fourth-order valence-corrected chi connectivity index (χ4v) is 5.53. The molecule has 0 aromatic heterocycles. The van der Waals surface area contributed by atoms with E-state index in [1.165, 1.54) is 25.7 Å². The van der Waals surface area contributed by atoms with Crippen molar-refractivity contribution in [1.29, 1.82) is 0 Å². The summed E-state index contributed by atoms with van der Waals surface area (Å²) in [6, 6.07) is 0.792. The molecule has 0 radical (unpaired) electrons. The fraction of sp³-hybridized carbons (Fsp3) is 0.900. The van der Waals surface area contributed by atoms with Crippen molar-refractivity contribution in [2.75, 3.05) is 26.2 Å². The second-order valence-electron chi connectivity index (χ2n) is 8.84. The zero-order valence-electron chi connectivity index (χ0n) is 16.9. The summed E-state index contributed by atoms with van der Waals surface area (Å²) in [6.07, 6.45) is 6.53.